The fourth-order valence-corrected chi connectivity index (χ4v) is 3.01. The average molecular weight is 292 g/mol. The van der Waals surface area contributed by atoms with Crippen LogP contribution in [0, 0.1) is 10.1 Å². The number of non-ortho nitro benzene ring substituents is 1. The molecule has 1 aromatic rings. The van der Waals surface area contributed by atoms with Crippen LogP contribution in [-0.4, -0.2) is 29.5 Å². The molecule has 114 valence electrons. The number of amides is 1. The summed E-state index contributed by atoms with van der Waals surface area (Å²) in [5.74, 6) is -0.665. The molecule has 0 bridgehead atoms. The number of nitro benzene ring substituents is 1. The van der Waals surface area contributed by atoms with E-state index in [1.807, 2.05) is 0 Å². The average Bonchev–Trinajstić information content (AvgIpc) is 2.46. The molecule has 0 aromatic heterocycles. The Morgan fingerprint density at radius 3 is 2.76 bits per heavy atom. The standard InChI is InChI=1S/C14H20N4O3/c1-9-3-2-4-11(8-15)17(9)13-6-5-10(18(20)21)7-12(13)14(16)19/h5-7,9,11H,2-4,8,15H2,1H3,(H2,16,19). The number of nitrogens with two attached hydrogens (primary N) is 2. The van der Waals surface area contributed by atoms with Gasteiger partial charge in [0, 0.05) is 30.8 Å². The first-order chi connectivity index (χ1) is 9.95. The van der Waals surface area contributed by atoms with E-state index >= 15 is 0 Å². The van der Waals surface area contributed by atoms with Gasteiger partial charge in [-0.3, -0.25) is 14.9 Å². The van der Waals surface area contributed by atoms with Gasteiger partial charge in [0.05, 0.1) is 16.2 Å². The van der Waals surface area contributed by atoms with Crippen molar-refractivity contribution >= 4 is 17.3 Å². The molecule has 1 fully saturated rings. The molecular formula is C14H20N4O3. The van der Waals surface area contributed by atoms with Gasteiger partial charge in [0.2, 0.25) is 0 Å². The Kier molecular flexibility index (Phi) is 4.42. The van der Waals surface area contributed by atoms with Crippen molar-refractivity contribution in [3.05, 3.63) is 33.9 Å². The third-order valence-corrected chi connectivity index (χ3v) is 4.03. The predicted molar refractivity (Wildman–Crippen MR) is 80.2 cm³/mol. The summed E-state index contributed by atoms with van der Waals surface area (Å²) in [6.07, 6.45) is 3.01. The monoisotopic (exact) mass is 292 g/mol. The van der Waals surface area contributed by atoms with Gasteiger partial charge in [-0.1, -0.05) is 0 Å². The van der Waals surface area contributed by atoms with Crippen LogP contribution < -0.4 is 16.4 Å². The molecule has 7 nitrogen and oxygen atoms in total. The first kappa shape index (κ1) is 15.2. The zero-order valence-corrected chi connectivity index (χ0v) is 12.0. The molecule has 0 saturated carbocycles. The Morgan fingerprint density at radius 1 is 1.48 bits per heavy atom. The highest BCUT2D eigenvalue weighted by atomic mass is 16.6. The second-order valence-electron chi connectivity index (χ2n) is 5.40. The number of nitrogens with zero attached hydrogens (tertiary/aromatic N) is 2. The van der Waals surface area contributed by atoms with Gasteiger partial charge >= 0.3 is 0 Å². The number of carbonyl (C=O) groups is 1. The Labute approximate surface area is 123 Å². The van der Waals surface area contributed by atoms with Crippen LogP contribution in [0.25, 0.3) is 0 Å². The van der Waals surface area contributed by atoms with Gasteiger partial charge in [0.1, 0.15) is 0 Å². The number of carbonyl (C=O) groups excluding carboxylic acids is 1. The first-order valence-corrected chi connectivity index (χ1v) is 7.02. The van der Waals surface area contributed by atoms with Crippen molar-refractivity contribution in [2.24, 2.45) is 11.5 Å². The van der Waals surface area contributed by atoms with Gasteiger partial charge in [-0.2, -0.15) is 0 Å². The van der Waals surface area contributed by atoms with Crippen molar-refractivity contribution in [3.8, 4) is 0 Å². The summed E-state index contributed by atoms with van der Waals surface area (Å²) in [6.45, 7) is 2.54. The maximum Gasteiger partial charge on any atom is 0.270 e. The Balaban J connectivity index is 2.50. The molecule has 2 atom stereocenters. The SMILES string of the molecule is CC1CCCC(CN)N1c1ccc([N+](=O)[O-])cc1C(N)=O. The molecule has 1 amide bonds. The summed E-state index contributed by atoms with van der Waals surface area (Å²) < 4.78 is 0. The van der Waals surface area contributed by atoms with E-state index < -0.39 is 10.8 Å². The second kappa shape index (κ2) is 6.09. The largest absolute Gasteiger partial charge is 0.366 e. The second-order valence-corrected chi connectivity index (χ2v) is 5.40. The maximum absolute atomic E-state index is 11.7. The van der Waals surface area contributed by atoms with Gasteiger partial charge in [-0.25, -0.2) is 0 Å². The van der Waals surface area contributed by atoms with Crippen molar-refractivity contribution in [2.45, 2.75) is 38.3 Å². The number of primary amides is 1. The third kappa shape index (κ3) is 2.97. The van der Waals surface area contributed by atoms with Crippen LogP contribution in [0.5, 0.6) is 0 Å². The zero-order chi connectivity index (χ0) is 15.6. The fourth-order valence-electron chi connectivity index (χ4n) is 3.01. The first-order valence-electron chi connectivity index (χ1n) is 7.02. The molecule has 1 aromatic carbocycles. The quantitative estimate of drug-likeness (QED) is 0.642. The van der Waals surface area contributed by atoms with Crippen molar-refractivity contribution in [2.75, 3.05) is 11.4 Å². The highest BCUT2D eigenvalue weighted by Gasteiger charge is 2.30. The van der Waals surface area contributed by atoms with Gasteiger partial charge in [-0.15, -0.1) is 0 Å². The highest BCUT2D eigenvalue weighted by molar-refractivity contribution is 5.99. The summed E-state index contributed by atoms with van der Waals surface area (Å²) in [5, 5.41) is 10.9. The predicted octanol–water partition coefficient (Wildman–Crippen LogP) is 1.40. The number of rotatable bonds is 4. The number of hydrogen-bond donors (Lipinski definition) is 2. The Morgan fingerprint density at radius 2 is 2.19 bits per heavy atom. The summed E-state index contributed by atoms with van der Waals surface area (Å²) in [7, 11) is 0. The number of nitro groups is 1. The van der Waals surface area contributed by atoms with Crippen LogP contribution in [0.2, 0.25) is 0 Å². The number of anilines is 1. The molecule has 2 rings (SSSR count). The lowest BCUT2D eigenvalue weighted by atomic mass is 9.94. The molecule has 0 aliphatic carbocycles. The molecule has 1 heterocycles. The van der Waals surface area contributed by atoms with E-state index in [-0.39, 0.29) is 23.3 Å². The minimum Gasteiger partial charge on any atom is -0.366 e. The number of benzene rings is 1. The van der Waals surface area contributed by atoms with Crippen LogP contribution in [-0.2, 0) is 0 Å². The minimum absolute atomic E-state index is 0.119. The lowest BCUT2D eigenvalue weighted by Crippen LogP contribution is -2.49. The summed E-state index contributed by atoms with van der Waals surface area (Å²) in [4.78, 5) is 24.1. The van der Waals surface area contributed by atoms with Crippen molar-refractivity contribution in [1.29, 1.82) is 0 Å². The van der Waals surface area contributed by atoms with Crippen LogP contribution in [0.1, 0.15) is 36.5 Å². The van der Waals surface area contributed by atoms with E-state index in [1.165, 1.54) is 12.1 Å². The maximum atomic E-state index is 11.7. The molecule has 4 N–H and O–H groups in total. The van der Waals surface area contributed by atoms with Gasteiger partial charge in [0.25, 0.3) is 11.6 Å². The number of piperidine rings is 1. The minimum atomic E-state index is -0.665. The van der Waals surface area contributed by atoms with Crippen LogP contribution in [0.4, 0.5) is 11.4 Å². The van der Waals surface area contributed by atoms with Crippen molar-refractivity contribution < 1.29 is 9.72 Å². The zero-order valence-electron chi connectivity index (χ0n) is 12.0. The van der Waals surface area contributed by atoms with Crippen molar-refractivity contribution in [3.63, 3.8) is 0 Å². The number of hydrogen-bond acceptors (Lipinski definition) is 5. The molecular weight excluding hydrogens is 272 g/mol. The van der Waals surface area contributed by atoms with Gasteiger partial charge in [0.15, 0.2) is 0 Å². The molecule has 1 aliphatic heterocycles. The lowest BCUT2D eigenvalue weighted by Gasteiger charge is -2.42. The normalized spacial score (nSPS) is 22.1. The molecule has 2 unspecified atom stereocenters. The van der Waals surface area contributed by atoms with E-state index in [2.05, 4.69) is 11.8 Å². The Hall–Kier alpha value is -2.15. The van der Waals surface area contributed by atoms with Crippen LogP contribution in [0.3, 0.4) is 0 Å². The Bertz CT molecular complexity index is 561. The van der Waals surface area contributed by atoms with E-state index in [0.29, 0.717) is 12.2 Å². The molecule has 21 heavy (non-hydrogen) atoms. The lowest BCUT2D eigenvalue weighted by molar-refractivity contribution is -0.384. The molecule has 1 aliphatic rings. The molecule has 0 spiro atoms. The third-order valence-electron chi connectivity index (χ3n) is 4.03. The van der Waals surface area contributed by atoms with E-state index in [0.717, 1.165) is 19.3 Å². The van der Waals surface area contributed by atoms with Crippen LogP contribution >= 0.6 is 0 Å². The summed E-state index contributed by atoms with van der Waals surface area (Å²) in [6, 6.07) is 4.58. The molecule has 7 heteroatoms. The van der Waals surface area contributed by atoms with E-state index in [4.69, 9.17) is 11.5 Å². The summed E-state index contributed by atoms with van der Waals surface area (Å²) >= 11 is 0. The highest BCUT2D eigenvalue weighted by Crippen LogP contribution is 2.33. The van der Waals surface area contributed by atoms with Crippen molar-refractivity contribution in [1.82, 2.24) is 0 Å². The van der Waals surface area contributed by atoms with E-state index in [9.17, 15) is 14.9 Å². The smallest absolute Gasteiger partial charge is 0.270 e. The molecule has 0 radical (unpaired) electrons. The topological polar surface area (TPSA) is 115 Å². The summed E-state index contributed by atoms with van der Waals surface area (Å²) in [5.41, 5.74) is 11.9. The van der Waals surface area contributed by atoms with E-state index in [1.54, 1.807) is 6.07 Å². The van der Waals surface area contributed by atoms with Gasteiger partial charge in [-0.05, 0) is 32.3 Å². The fraction of sp³-hybridized carbons (Fsp3) is 0.500. The molecule has 1 saturated heterocycles. The van der Waals surface area contributed by atoms with Crippen LogP contribution in [0.15, 0.2) is 18.2 Å². The van der Waals surface area contributed by atoms with Gasteiger partial charge < -0.3 is 16.4 Å².